The number of hydrogen-bond donors (Lipinski definition) is 0. The first-order valence-electron chi connectivity index (χ1n) is 6.93. The van der Waals surface area contributed by atoms with Crippen molar-refractivity contribution in [1.82, 2.24) is 0 Å². The molecule has 1 heterocycles. The second-order valence-corrected chi connectivity index (χ2v) is 5.83. The Kier molecular flexibility index (Phi) is 4.49. The van der Waals surface area contributed by atoms with E-state index in [-0.39, 0.29) is 24.5 Å². The molecule has 1 unspecified atom stereocenters. The van der Waals surface area contributed by atoms with Crippen molar-refractivity contribution in [3.63, 3.8) is 0 Å². The largest absolute Gasteiger partial charge is 0.465 e. The third-order valence-electron chi connectivity index (χ3n) is 3.76. The van der Waals surface area contributed by atoms with E-state index < -0.39 is 38.8 Å². The van der Waals surface area contributed by atoms with Gasteiger partial charge in [0, 0.05) is 18.1 Å². The average Bonchev–Trinajstić information content (AvgIpc) is 2.93. The predicted molar refractivity (Wildman–Crippen MR) is 78.3 cm³/mol. The molecule has 24 heavy (non-hydrogen) atoms. The second kappa shape index (κ2) is 6.22. The number of benzene rings is 1. The highest BCUT2D eigenvalue weighted by Gasteiger charge is 2.40. The van der Waals surface area contributed by atoms with Crippen molar-refractivity contribution < 1.29 is 28.9 Å². The minimum atomic E-state index is -1.08. The molecule has 0 amide bonds. The molecule has 0 radical (unpaired) electrons. The highest BCUT2D eigenvalue weighted by Crippen LogP contribution is 2.31. The number of ether oxygens (including phenoxy) is 2. The van der Waals surface area contributed by atoms with Crippen LogP contribution in [-0.4, -0.2) is 34.0 Å². The van der Waals surface area contributed by atoms with E-state index in [0.29, 0.717) is 0 Å². The highest BCUT2D eigenvalue weighted by molar-refractivity contribution is 5.91. The molecule has 0 aliphatic carbocycles. The first kappa shape index (κ1) is 17.3. The molecule has 128 valence electrons. The Balaban J connectivity index is 2.27. The van der Waals surface area contributed by atoms with Crippen molar-refractivity contribution in [2.75, 3.05) is 6.61 Å². The Labute approximate surface area is 135 Å². The smallest absolute Gasteiger partial charge is 0.339 e. The zero-order valence-electron chi connectivity index (χ0n) is 12.9. The van der Waals surface area contributed by atoms with E-state index in [1.807, 2.05) is 0 Å². The standard InChI is InChI=1S/C14H14N2O8/c1-14(2,9-5-12(17)23-7-9)24-13(18)8-3-10(15(19)20)6-11(4-8)16(21)22/h3-4,6,9H,5,7H2,1-2H3. The third-order valence-corrected chi connectivity index (χ3v) is 3.76. The molecule has 0 spiro atoms. The zero-order chi connectivity index (χ0) is 18.1. The summed E-state index contributed by atoms with van der Waals surface area (Å²) in [5.74, 6) is -1.73. The minimum absolute atomic E-state index is 0.0787. The van der Waals surface area contributed by atoms with Crippen LogP contribution in [0.15, 0.2) is 18.2 Å². The van der Waals surface area contributed by atoms with Crippen molar-refractivity contribution in [1.29, 1.82) is 0 Å². The van der Waals surface area contributed by atoms with Crippen LogP contribution in [0.2, 0.25) is 0 Å². The molecule has 1 aliphatic heterocycles. The molecular formula is C14H14N2O8. The lowest BCUT2D eigenvalue weighted by Gasteiger charge is -2.29. The van der Waals surface area contributed by atoms with E-state index in [1.54, 1.807) is 13.8 Å². The number of non-ortho nitro benzene ring substituents is 2. The first-order valence-corrected chi connectivity index (χ1v) is 6.93. The van der Waals surface area contributed by atoms with Gasteiger partial charge in [0.15, 0.2) is 0 Å². The van der Waals surface area contributed by atoms with Gasteiger partial charge in [-0.15, -0.1) is 0 Å². The quantitative estimate of drug-likeness (QED) is 0.451. The number of rotatable bonds is 5. The number of cyclic esters (lactones) is 1. The van der Waals surface area contributed by atoms with Gasteiger partial charge in [-0.25, -0.2) is 4.79 Å². The molecule has 2 rings (SSSR count). The number of nitrogens with zero attached hydrogens (tertiary/aromatic N) is 2. The van der Waals surface area contributed by atoms with E-state index in [9.17, 15) is 29.8 Å². The highest BCUT2D eigenvalue weighted by atomic mass is 16.6. The number of carbonyl (C=O) groups excluding carboxylic acids is 2. The van der Waals surface area contributed by atoms with Gasteiger partial charge in [0.25, 0.3) is 11.4 Å². The monoisotopic (exact) mass is 338 g/mol. The van der Waals surface area contributed by atoms with E-state index in [0.717, 1.165) is 18.2 Å². The fourth-order valence-electron chi connectivity index (χ4n) is 2.26. The van der Waals surface area contributed by atoms with E-state index in [4.69, 9.17) is 9.47 Å². The Morgan fingerprint density at radius 2 is 1.75 bits per heavy atom. The van der Waals surface area contributed by atoms with Crippen LogP contribution in [0.4, 0.5) is 11.4 Å². The Hall–Kier alpha value is -3.04. The molecule has 0 bridgehead atoms. The summed E-state index contributed by atoms with van der Waals surface area (Å²) in [5.41, 5.74) is -2.57. The summed E-state index contributed by atoms with van der Waals surface area (Å²) in [7, 11) is 0. The topological polar surface area (TPSA) is 139 Å². The van der Waals surface area contributed by atoms with Crippen LogP contribution in [0.25, 0.3) is 0 Å². The summed E-state index contributed by atoms with van der Waals surface area (Å²) in [5, 5.41) is 21.7. The fraction of sp³-hybridized carbons (Fsp3) is 0.429. The molecular weight excluding hydrogens is 324 g/mol. The Morgan fingerprint density at radius 1 is 1.21 bits per heavy atom. The number of carbonyl (C=O) groups is 2. The minimum Gasteiger partial charge on any atom is -0.465 e. The van der Waals surface area contributed by atoms with E-state index in [2.05, 4.69) is 0 Å². The predicted octanol–water partition coefficient (Wildman–Crippen LogP) is 2.00. The molecule has 0 N–H and O–H groups in total. The normalized spacial score (nSPS) is 17.2. The van der Waals surface area contributed by atoms with Gasteiger partial charge in [-0.2, -0.15) is 0 Å². The summed E-state index contributed by atoms with van der Waals surface area (Å²) in [6, 6.07) is 2.56. The van der Waals surface area contributed by atoms with E-state index >= 15 is 0 Å². The van der Waals surface area contributed by atoms with Crippen LogP contribution < -0.4 is 0 Å². The van der Waals surface area contributed by atoms with Crippen molar-refractivity contribution in [2.45, 2.75) is 25.9 Å². The van der Waals surface area contributed by atoms with E-state index in [1.165, 1.54) is 0 Å². The van der Waals surface area contributed by atoms with Crippen LogP contribution >= 0.6 is 0 Å². The van der Waals surface area contributed by atoms with Gasteiger partial charge in [0.2, 0.25) is 0 Å². The molecule has 10 heteroatoms. The SMILES string of the molecule is CC(C)(OC(=O)c1cc([N+](=O)[O-])cc([N+](=O)[O-])c1)C1COC(=O)C1. The molecule has 1 atom stereocenters. The maximum Gasteiger partial charge on any atom is 0.339 e. The van der Waals surface area contributed by atoms with Crippen LogP contribution in [0, 0.1) is 26.1 Å². The second-order valence-electron chi connectivity index (χ2n) is 5.83. The number of esters is 2. The van der Waals surface area contributed by atoms with Crippen molar-refractivity contribution in [3.8, 4) is 0 Å². The molecule has 0 saturated carbocycles. The van der Waals surface area contributed by atoms with Gasteiger partial charge in [-0.05, 0) is 13.8 Å². The lowest BCUT2D eigenvalue weighted by molar-refractivity contribution is -0.394. The van der Waals surface area contributed by atoms with Crippen LogP contribution in [0.5, 0.6) is 0 Å². The summed E-state index contributed by atoms with van der Waals surface area (Å²) < 4.78 is 10.1. The maximum absolute atomic E-state index is 12.3. The molecule has 1 aromatic rings. The van der Waals surface area contributed by atoms with Crippen LogP contribution in [0.3, 0.4) is 0 Å². The van der Waals surface area contributed by atoms with Gasteiger partial charge in [-0.1, -0.05) is 0 Å². The maximum atomic E-state index is 12.3. The Bertz CT molecular complexity index is 695. The van der Waals surface area contributed by atoms with Gasteiger partial charge in [0.05, 0.1) is 34.5 Å². The molecule has 10 nitrogen and oxygen atoms in total. The number of nitro groups is 2. The summed E-state index contributed by atoms with van der Waals surface area (Å²) in [6.45, 7) is 3.24. The van der Waals surface area contributed by atoms with Gasteiger partial charge in [-0.3, -0.25) is 25.0 Å². The van der Waals surface area contributed by atoms with Crippen molar-refractivity contribution in [3.05, 3.63) is 44.0 Å². The van der Waals surface area contributed by atoms with Crippen molar-refractivity contribution in [2.24, 2.45) is 5.92 Å². The van der Waals surface area contributed by atoms with Crippen molar-refractivity contribution >= 4 is 23.3 Å². The summed E-state index contributed by atoms with van der Waals surface area (Å²) >= 11 is 0. The van der Waals surface area contributed by atoms with Gasteiger partial charge < -0.3 is 9.47 Å². The average molecular weight is 338 g/mol. The number of nitro benzene ring substituents is 2. The van der Waals surface area contributed by atoms with Crippen LogP contribution in [0.1, 0.15) is 30.6 Å². The third kappa shape index (κ3) is 3.65. The molecule has 1 aromatic carbocycles. The van der Waals surface area contributed by atoms with Crippen LogP contribution in [-0.2, 0) is 14.3 Å². The number of hydrogen-bond acceptors (Lipinski definition) is 8. The molecule has 1 fully saturated rings. The molecule has 1 aliphatic rings. The first-order chi connectivity index (χ1) is 11.1. The van der Waals surface area contributed by atoms with Gasteiger partial charge >= 0.3 is 11.9 Å². The lowest BCUT2D eigenvalue weighted by atomic mass is 9.90. The Morgan fingerprint density at radius 3 is 2.17 bits per heavy atom. The summed E-state index contributed by atoms with van der Waals surface area (Å²) in [4.78, 5) is 43.5. The van der Waals surface area contributed by atoms with Gasteiger partial charge in [0.1, 0.15) is 5.60 Å². The fourth-order valence-corrected chi connectivity index (χ4v) is 2.26. The molecule has 0 aromatic heterocycles. The summed E-state index contributed by atoms with van der Waals surface area (Å²) in [6.07, 6.45) is 0.0787. The molecule has 1 saturated heterocycles. The lowest BCUT2D eigenvalue weighted by Crippen LogP contribution is -2.37. The zero-order valence-corrected chi connectivity index (χ0v) is 12.9.